The summed E-state index contributed by atoms with van der Waals surface area (Å²) in [5.74, 6) is 0. The van der Waals surface area contributed by atoms with Crippen LogP contribution < -0.4 is 5.73 Å². The van der Waals surface area contributed by atoms with Gasteiger partial charge in [0.15, 0.2) is 0 Å². The van der Waals surface area contributed by atoms with Gasteiger partial charge in [-0.3, -0.25) is 4.90 Å². The molecule has 1 fully saturated rings. The van der Waals surface area contributed by atoms with Crippen molar-refractivity contribution < 1.29 is 0 Å². The summed E-state index contributed by atoms with van der Waals surface area (Å²) in [6.07, 6.45) is 1.14. The highest BCUT2D eigenvalue weighted by Crippen LogP contribution is 2.22. The van der Waals surface area contributed by atoms with Crippen LogP contribution >= 0.6 is 12.4 Å². The maximum absolute atomic E-state index is 5.92. The minimum atomic E-state index is 0. The standard InChI is InChI=1S/C15H24N2.ClH/c1-15(2,3)13-6-4-12(5-7-13)10-17-9-8-14(16)11-17;/h4-7,14H,8-11,16H2,1-3H3;1H/t14-;/m1./s1. The maximum atomic E-state index is 5.92. The molecule has 0 aliphatic carbocycles. The quantitative estimate of drug-likeness (QED) is 0.894. The van der Waals surface area contributed by atoms with Crippen LogP contribution in [-0.4, -0.2) is 24.0 Å². The highest BCUT2D eigenvalue weighted by atomic mass is 35.5. The fourth-order valence-electron chi connectivity index (χ4n) is 2.37. The molecule has 2 N–H and O–H groups in total. The van der Waals surface area contributed by atoms with Gasteiger partial charge >= 0.3 is 0 Å². The smallest absolute Gasteiger partial charge is 0.0234 e. The second-order valence-electron chi connectivity index (χ2n) is 6.23. The average Bonchev–Trinajstić information content (AvgIpc) is 2.63. The van der Waals surface area contributed by atoms with Crippen molar-refractivity contribution in [3.63, 3.8) is 0 Å². The summed E-state index contributed by atoms with van der Waals surface area (Å²) in [7, 11) is 0. The van der Waals surface area contributed by atoms with Gasteiger partial charge in [-0.25, -0.2) is 0 Å². The first-order valence-corrected chi connectivity index (χ1v) is 6.52. The number of hydrogen-bond acceptors (Lipinski definition) is 2. The molecule has 18 heavy (non-hydrogen) atoms. The predicted molar refractivity (Wildman–Crippen MR) is 80.3 cm³/mol. The van der Waals surface area contributed by atoms with E-state index >= 15 is 0 Å². The lowest BCUT2D eigenvalue weighted by Crippen LogP contribution is -2.26. The molecule has 1 atom stereocenters. The van der Waals surface area contributed by atoms with Crippen molar-refractivity contribution in [3.05, 3.63) is 35.4 Å². The van der Waals surface area contributed by atoms with Crippen LogP contribution in [0.5, 0.6) is 0 Å². The minimum absolute atomic E-state index is 0. The molecular formula is C15H25ClN2. The monoisotopic (exact) mass is 268 g/mol. The van der Waals surface area contributed by atoms with Crippen molar-refractivity contribution >= 4 is 12.4 Å². The van der Waals surface area contributed by atoms with Crippen molar-refractivity contribution in [1.82, 2.24) is 4.90 Å². The van der Waals surface area contributed by atoms with Gasteiger partial charge in [0.05, 0.1) is 0 Å². The fraction of sp³-hybridized carbons (Fsp3) is 0.600. The van der Waals surface area contributed by atoms with Crippen LogP contribution in [0.4, 0.5) is 0 Å². The van der Waals surface area contributed by atoms with Crippen molar-refractivity contribution in [2.24, 2.45) is 5.73 Å². The van der Waals surface area contributed by atoms with Crippen LogP contribution in [0.1, 0.15) is 38.3 Å². The molecular weight excluding hydrogens is 244 g/mol. The van der Waals surface area contributed by atoms with E-state index in [0.717, 1.165) is 26.1 Å². The fourth-order valence-corrected chi connectivity index (χ4v) is 2.37. The Morgan fingerprint density at radius 3 is 2.28 bits per heavy atom. The Morgan fingerprint density at radius 2 is 1.83 bits per heavy atom. The molecule has 0 saturated carbocycles. The molecule has 1 aliphatic heterocycles. The summed E-state index contributed by atoms with van der Waals surface area (Å²) in [6.45, 7) is 9.98. The van der Waals surface area contributed by atoms with Crippen molar-refractivity contribution in [1.29, 1.82) is 0 Å². The van der Waals surface area contributed by atoms with Crippen LogP contribution in [-0.2, 0) is 12.0 Å². The third-order valence-corrected chi connectivity index (χ3v) is 3.53. The summed E-state index contributed by atoms with van der Waals surface area (Å²) in [5.41, 5.74) is 8.96. The van der Waals surface area contributed by atoms with E-state index in [-0.39, 0.29) is 17.8 Å². The van der Waals surface area contributed by atoms with Gasteiger partial charge in [0, 0.05) is 25.7 Å². The molecule has 1 aromatic carbocycles. The van der Waals surface area contributed by atoms with Crippen LogP contribution in [0.2, 0.25) is 0 Å². The number of likely N-dealkylation sites (tertiary alicyclic amines) is 1. The molecule has 1 aromatic rings. The van der Waals surface area contributed by atoms with Crippen LogP contribution in [0.25, 0.3) is 0 Å². The first-order valence-electron chi connectivity index (χ1n) is 6.52. The third kappa shape index (κ3) is 3.98. The van der Waals surface area contributed by atoms with E-state index in [1.807, 2.05) is 0 Å². The van der Waals surface area contributed by atoms with E-state index in [1.54, 1.807) is 0 Å². The summed E-state index contributed by atoms with van der Waals surface area (Å²) in [6, 6.07) is 9.40. The lowest BCUT2D eigenvalue weighted by molar-refractivity contribution is 0.327. The van der Waals surface area contributed by atoms with Crippen LogP contribution in [0, 0.1) is 0 Å². The zero-order chi connectivity index (χ0) is 12.5. The number of nitrogens with zero attached hydrogens (tertiary/aromatic N) is 1. The Balaban J connectivity index is 0.00000162. The van der Waals surface area contributed by atoms with Gasteiger partial charge in [-0.05, 0) is 23.0 Å². The zero-order valence-electron chi connectivity index (χ0n) is 11.6. The molecule has 1 saturated heterocycles. The highest BCUT2D eigenvalue weighted by molar-refractivity contribution is 5.85. The average molecular weight is 269 g/mol. The Labute approximate surface area is 117 Å². The molecule has 3 heteroatoms. The molecule has 1 aliphatic rings. The molecule has 0 amide bonds. The Hall–Kier alpha value is -0.570. The van der Waals surface area contributed by atoms with Crippen molar-refractivity contribution in [2.75, 3.05) is 13.1 Å². The molecule has 2 rings (SSSR count). The van der Waals surface area contributed by atoms with Gasteiger partial charge in [0.25, 0.3) is 0 Å². The zero-order valence-corrected chi connectivity index (χ0v) is 12.5. The van der Waals surface area contributed by atoms with E-state index in [4.69, 9.17) is 5.73 Å². The van der Waals surface area contributed by atoms with Gasteiger partial charge in [-0.1, -0.05) is 45.0 Å². The molecule has 0 bridgehead atoms. The summed E-state index contributed by atoms with van der Waals surface area (Å²) >= 11 is 0. The largest absolute Gasteiger partial charge is 0.326 e. The number of benzene rings is 1. The second-order valence-corrected chi connectivity index (χ2v) is 6.23. The number of hydrogen-bond donors (Lipinski definition) is 1. The van der Waals surface area contributed by atoms with Crippen LogP contribution in [0.15, 0.2) is 24.3 Å². The molecule has 2 nitrogen and oxygen atoms in total. The summed E-state index contributed by atoms with van der Waals surface area (Å²) in [4.78, 5) is 2.44. The Morgan fingerprint density at radius 1 is 1.22 bits per heavy atom. The molecule has 0 spiro atoms. The number of rotatable bonds is 2. The van der Waals surface area contributed by atoms with Gasteiger partial charge in [0.2, 0.25) is 0 Å². The van der Waals surface area contributed by atoms with E-state index in [0.29, 0.717) is 6.04 Å². The Kier molecular flexibility index (Phi) is 5.20. The lowest BCUT2D eigenvalue weighted by atomic mass is 9.87. The lowest BCUT2D eigenvalue weighted by Gasteiger charge is -2.20. The minimum Gasteiger partial charge on any atom is -0.326 e. The van der Waals surface area contributed by atoms with E-state index < -0.39 is 0 Å². The van der Waals surface area contributed by atoms with Gasteiger partial charge in [-0.15, -0.1) is 12.4 Å². The third-order valence-electron chi connectivity index (χ3n) is 3.53. The highest BCUT2D eigenvalue weighted by Gasteiger charge is 2.19. The summed E-state index contributed by atoms with van der Waals surface area (Å²) < 4.78 is 0. The van der Waals surface area contributed by atoms with E-state index in [1.165, 1.54) is 11.1 Å². The first kappa shape index (κ1) is 15.5. The summed E-state index contributed by atoms with van der Waals surface area (Å²) in [5, 5.41) is 0. The predicted octanol–water partition coefficient (Wildman–Crippen LogP) is 2.94. The molecule has 1 heterocycles. The van der Waals surface area contributed by atoms with Crippen molar-refractivity contribution in [2.45, 2.75) is 45.2 Å². The van der Waals surface area contributed by atoms with Crippen molar-refractivity contribution in [3.8, 4) is 0 Å². The topological polar surface area (TPSA) is 29.3 Å². The number of nitrogens with two attached hydrogens (primary N) is 1. The van der Waals surface area contributed by atoms with E-state index in [9.17, 15) is 0 Å². The first-order chi connectivity index (χ1) is 7.95. The van der Waals surface area contributed by atoms with Crippen LogP contribution in [0.3, 0.4) is 0 Å². The van der Waals surface area contributed by atoms with Gasteiger partial charge in [-0.2, -0.15) is 0 Å². The SMILES string of the molecule is CC(C)(C)c1ccc(CN2CC[C@@H](N)C2)cc1.Cl. The second kappa shape index (κ2) is 6.05. The molecule has 102 valence electrons. The van der Waals surface area contributed by atoms with Gasteiger partial charge < -0.3 is 5.73 Å². The van der Waals surface area contributed by atoms with E-state index in [2.05, 4.69) is 49.9 Å². The number of halogens is 1. The normalized spacial score (nSPS) is 20.8. The molecule has 0 aromatic heterocycles. The Bertz CT molecular complexity index is 367. The maximum Gasteiger partial charge on any atom is 0.0234 e. The molecule has 0 unspecified atom stereocenters. The van der Waals surface area contributed by atoms with Gasteiger partial charge in [0.1, 0.15) is 0 Å². The molecule has 0 radical (unpaired) electrons.